The van der Waals surface area contributed by atoms with Gasteiger partial charge in [-0.3, -0.25) is 4.90 Å². The topological polar surface area (TPSA) is 122 Å². The second-order valence-corrected chi connectivity index (χ2v) is 9.18. The van der Waals surface area contributed by atoms with E-state index in [9.17, 15) is 15.2 Å². The summed E-state index contributed by atoms with van der Waals surface area (Å²) < 4.78 is 102. The molecule has 9 nitrogen and oxygen atoms in total. The fourth-order valence-electron chi connectivity index (χ4n) is 4.13. The monoisotopic (exact) mass is 515 g/mol. The minimum absolute atomic E-state index is 0.0700. The number of fused-ring (bicyclic) bond motifs is 1. The quantitative estimate of drug-likeness (QED) is 0.451. The van der Waals surface area contributed by atoms with Crippen molar-refractivity contribution in [1.82, 2.24) is 15.0 Å². The van der Waals surface area contributed by atoms with Crippen LogP contribution in [0.15, 0.2) is 40.9 Å². The Bertz CT molecular complexity index is 1720. The molecule has 1 atom stereocenters. The van der Waals surface area contributed by atoms with Crippen LogP contribution in [0.5, 0.6) is 5.75 Å². The summed E-state index contributed by atoms with van der Waals surface area (Å²) in [6.45, 7) is -8.73. The van der Waals surface area contributed by atoms with Crippen molar-refractivity contribution in [1.29, 1.82) is 5.26 Å². The van der Waals surface area contributed by atoms with Crippen molar-refractivity contribution < 1.29 is 39.0 Å². The van der Waals surface area contributed by atoms with E-state index >= 15 is 0 Å². The van der Waals surface area contributed by atoms with Gasteiger partial charge >= 0.3 is 6.09 Å². The highest BCUT2D eigenvalue weighted by Crippen LogP contribution is 2.41. The van der Waals surface area contributed by atoms with Gasteiger partial charge in [0.1, 0.15) is 17.4 Å². The summed E-state index contributed by atoms with van der Waals surface area (Å²) in [6.07, 6.45) is -4.12. The van der Waals surface area contributed by atoms with Crippen LogP contribution in [0.4, 0.5) is 4.79 Å². The van der Waals surface area contributed by atoms with Crippen LogP contribution in [0.25, 0.3) is 22.8 Å². The molecule has 0 radical (unpaired) electrons. The van der Waals surface area contributed by atoms with E-state index in [1.807, 2.05) is 0 Å². The van der Waals surface area contributed by atoms with Gasteiger partial charge in [0.2, 0.25) is 5.82 Å². The van der Waals surface area contributed by atoms with Crippen LogP contribution in [-0.4, -0.2) is 51.0 Å². The number of ether oxygens (including phenoxy) is 2. The smallest absolute Gasteiger partial charge is 0.410 e. The Balaban J connectivity index is 1.71. The standard InChI is InChI=1S/C28H32N4O5/c1-17(2)35-24-12-9-18(15-19(24)16-29)26-30-25(31-37-26)22-8-6-7-21-20(22)10-11-23(21)32(13-14-33)27(34)36-28(3,4)5/h6-9,12,15,17,23,33H,10-11,13-14H2,1-5H3/t23-/m0/s1/i1D3,2D3,13D2,14D2,17D. The number of rotatable bonds is 7. The van der Waals surface area contributed by atoms with Crippen LogP contribution >= 0.6 is 0 Å². The van der Waals surface area contributed by atoms with Crippen LogP contribution in [0.2, 0.25) is 0 Å². The predicted octanol–water partition coefficient (Wildman–Crippen LogP) is 5.28. The number of hydrogen-bond donors (Lipinski definition) is 1. The van der Waals surface area contributed by atoms with Crippen molar-refractivity contribution in [2.24, 2.45) is 0 Å². The summed E-state index contributed by atoms with van der Waals surface area (Å²) in [5, 5.41) is 23.8. The molecule has 1 amide bonds. The molecule has 1 aliphatic carbocycles. The molecule has 0 aliphatic heterocycles. The lowest BCUT2D eigenvalue weighted by Crippen LogP contribution is -2.40. The molecule has 0 unspecified atom stereocenters. The van der Waals surface area contributed by atoms with E-state index in [1.54, 1.807) is 45.0 Å². The van der Waals surface area contributed by atoms with Gasteiger partial charge in [-0.05, 0) is 76.6 Å². The minimum Gasteiger partial charge on any atom is -0.490 e. The highest BCUT2D eigenvalue weighted by molar-refractivity contribution is 5.71. The third-order valence-electron chi connectivity index (χ3n) is 5.54. The third-order valence-corrected chi connectivity index (χ3v) is 5.54. The van der Waals surface area contributed by atoms with Crippen molar-refractivity contribution in [3.05, 3.63) is 53.1 Å². The van der Waals surface area contributed by atoms with Crippen molar-refractivity contribution in [3.8, 4) is 34.7 Å². The maximum Gasteiger partial charge on any atom is 0.410 e. The van der Waals surface area contributed by atoms with E-state index in [0.29, 0.717) is 21.6 Å². The maximum atomic E-state index is 13.3. The zero-order chi connectivity index (χ0) is 36.3. The summed E-state index contributed by atoms with van der Waals surface area (Å²) in [6, 6.07) is 9.24. The van der Waals surface area contributed by atoms with E-state index in [2.05, 4.69) is 10.1 Å². The lowest BCUT2D eigenvalue weighted by molar-refractivity contribution is 0.0120. The third kappa shape index (κ3) is 5.75. The number of amides is 1. The summed E-state index contributed by atoms with van der Waals surface area (Å²) in [7, 11) is 0. The van der Waals surface area contributed by atoms with Crippen molar-refractivity contribution in [2.45, 2.75) is 65.0 Å². The lowest BCUT2D eigenvalue weighted by atomic mass is 10.0. The molecule has 0 fully saturated rings. The number of benzene rings is 2. The van der Waals surface area contributed by atoms with E-state index in [4.69, 9.17) is 29.1 Å². The first-order chi connectivity index (χ1) is 21.8. The van der Waals surface area contributed by atoms with Gasteiger partial charge in [-0.1, -0.05) is 23.4 Å². The minimum atomic E-state index is -3.45. The average molecular weight is 516 g/mol. The van der Waals surface area contributed by atoms with Gasteiger partial charge in [0.25, 0.3) is 5.89 Å². The number of aromatic nitrogens is 2. The van der Waals surface area contributed by atoms with E-state index in [-0.39, 0.29) is 35.7 Å². The Morgan fingerprint density at radius 3 is 2.92 bits per heavy atom. The lowest BCUT2D eigenvalue weighted by Gasteiger charge is -2.31. The molecule has 9 heteroatoms. The fourth-order valence-corrected chi connectivity index (χ4v) is 4.13. The SMILES string of the molecule is [2H]C([2H])([2H])C([2H])(Oc1ccc(-c2nc(-c3cccc4c3CC[C@@H]4N(C(=O)OC(C)(C)C)C([2H])([2H])C([2H])([2H])O)no2)cc1C#N)C([2H])([2H])[2H]. The van der Waals surface area contributed by atoms with Gasteiger partial charge in [-0.2, -0.15) is 10.2 Å². The van der Waals surface area contributed by atoms with Gasteiger partial charge in [0.15, 0.2) is 0 Å². The second-order valence-electron chi connectivity index (χ2n) is 9.18. The summed E-state index contributed by atoms with van der Waals surface area (Å²) in [5.41, 5.74) is 0.297. The Hall–Kier alpha value is -3.90. The number of nitrogens with zero attached hydrogens (tertiary/aromatic N) is 4. The first-order valence-electron chi connectivity index (χ1n) is 16.8. The number of carbonyl (C=O) groups excluding carboxylic acids is 1. The molecule has 1 heterocycles. The van der Waals surface area contributed by atoms with E-state index in [0.717, 1.165) is 6.07 Å². The highest BCUT2D eigenvalue weighted by Gasteiger charge is 2.35. The van der Waals surface area contributed by atoms with Gasteiger partial charge in [0.05, 0.1) is 31.1 Å². The molecular weight excluding hydrogens is 472 g/mol. The van der Waals surface area contributed by atoms with E-state index < -0.39 is 56.3 Å². The first-order valence-corrected chi connectivity index (χ1v) is 11.3. The number of nitriles is 1. The molecule has 0 bridgehead atoms. The number of hydrogen-bond acceptors (Lipinski definition) is 8. The van der Waals surface area contributed by atoms with Crippen molar-refractivity contribution in [3.63, 3.8) is 0 Å². The Kier molecular flexibility index (Phi) is 4.41. The van der Waals surface area contributed by atoms with Crippen LogP contribution in [0.1, 0.15) is 78.7 Å². The van der Waals surface area contributed by atoms with Gasteiger partial charge in [0, 0.05) is 25.8 Å². The summed E-state index contributed by atoms with van der Waals surface area (Å²) >= 11 is 0. The Labute approximate surface area is 232 Å². The average Bonchev–Trinajstić information content (AvgIpc) is 3.58. The zero-order valence-corrected chi connectivity index (χ0v) is 20.3. The molecule has 3 aromatic rings. The highest BCUT2D eigenvalue weighted by atomic mass is 16.6. The number of aliphatic hydroxyl groups is 1. The molecule has 37 heavy (non-hydrogen) atoms. The maximum absolute atomic E-state index is 13.3. The van der Waals surface area contributed by atoms with E-state index in [1.165, 1.54) is 12.1 Å². The molecule has 0 saturated heterocycles. The van der Waals surface area contributed by atoms with Crippen LogP contribution in [-0.2, 0) is 11.2 Å². The van der Waals surface area contributed by atoms with Crippen molar-refractivity contribution >= 4 is 6.09 Å². The predicted molar refractivity (Wildman–Crippen MR) is 137 cm³/mol. The normalized spacial score (nSPS) is 20.9. The molecule has 194 valence electrons. The number of carbonyl (C=O) groups is 1. The van der Waals surface area contributed by atoms with Gasteiger partial charge in [-0.25, -0.2) is 4.79 Å². The van der Waals surface area contributed by atoms with Crippen molar-refractivity contribution in [2.75, 3.05) is 13.1 Å². The molecule has 0 saturated carbocycles. The van der Waals surface area contributed by atoms with Crippen LogP contribution in [0, 0.1) is 11.3 Å². The molecule has 1 N–H and O–H groups in total. The molecule has 2 aromatic carbocycles. The second kappa shape index (κ2) is 10.6. The molecule has 0 spiro atoms. The molecular formula is C28H32N4O5. The zero-order valence-electron chi connectivity index (χ0n) is 31.3. The van der Waals surface area contributed by atoms with Crippen LogP contribution in [0.3, 0.4) is 0 Å². The Morgan fingerprint density at radius 1 is 1.41 bits per heavy atom. The summed E-state index contributed by atoms with van der Waals surface area (Å²) in [4.78, 5) is 18.2. The fraction of sp³-hybridized carbons (Fsp3) is 0.429. The van der Waals surface area contributed by atoms with Gasteiger partial charge in [-0.15, -0.1) is 0 Å². The Morgan fingerprint density at radius 2 is 2.22 bits per heavy atom. The van der Waals surface area contributed by atoms with Crippen LogP contribution < -0.4 is 4.74 Å². The molecule has 1 aromatic heterocycles. The molecule has 4 rings (SSSR count). The summed E-state index contributed by atoms with van der Waals surface area (Å²) in [5.74, 6) is -0.485. The molecule has 1 aliphatic rings. The van der Waals surface area contributed by atoms with Gasteiger partial charge < -0.3 is 19.1 Å². The largest absolute Gasteiger partial charge is 0.490 e. The first kappa shape index (κ1) is 15.4.